The first-order valence-corrected chi connectivity index (χ1v) is 5.78. The molecule has 0 bridgehead atoms. The van der Waals surface area contributed by atoms with Gasteiger partial charge in [-0.25, -0.2) is 9.67 Å². The van der Waals surface area contributed by atoms with E-state index in [1.807, 2.05) is 30.3 Å². The van der Waals surface area contributed by atoms with Crippen LogP contribution in [0.5, 0.6) is 0 Å². The number of rotatable bonds is 3. The van der Waals surface area contributed by atoms with Crippen molar-refractivity contribution in [2.24, 2.45) is 5.73 Å². The summed E-state index contributed by atoms with van der Waals surface area (Å²) in [5, 5.41) is 5.39. The second-order valence-electron chi connectivity index (χ2n) is 4.06. The average molecular weight is 239 g/mol. The molecule has 5 nitrogen and oxygen atoms in total. The van der Waals surface area contributed by atoms with Crippen molar-refractivity contribution in [3.63, 3.8) is 0 Å². The van der Waals surface area contributed by atoms with Gasteiger partial charge in [-0.2, -0.15) is 5.10 Å². The molecule has 2 heterocycles. The molecule has 90 valence electrons. The van der Waals surface area contributed by atoms with Gasteiger partial charge in [0.2, 0.25) is 0 Å². The maximum atomic E-state index is 5.48. The van der Waals surface area contributed by atoms with Crippen LogP contribution in [0, 0.1) is 0 Å². The van der Waals surface area contributed by atoms with Gasteiger partial charge in [-0.3, -0.25) is 4.98 Å². The predicted octanol–water partition coefficient (Wildman–Crippen LogP) is 1.33. The molecule has 0 radical (unpaired) electrons. The highest BCUT2D eigenvalue weighted by atomic mass is 15.3. The fourth-order valence-electron chi connectivity index (χ4n) is 1.87. The maximum Gasteiger partial charge on any atom is 0.164 e. The van der Waals surface area contributed by atoms with Crippen LogP contribution in [0.2, 0.25) is 0 Å². The molecule has 0 unspecified atom stereocenters. The second-order valence-corrected chi connectivity index (χ2v) is 4.06. The molecule has 3 aromatic rings. The zero-order chi connectivity index (χ0) is 12.4. The Hall–Kier alpha value is -2.27. The van der Waals surface area contributed by atoms with Gasteiger partial charge in [-0.05, 0) is 12.1 Å². The summed E-state index contributed by atoms with van der Waals surface area (Å²) in [4.78, 5) is 8.68. The minimum absolute atomic E-state index is 0.359. The molecule has 0 aliphatic carbocycles. The van der Waals surface area contributed by atoms with E-state index < -0.39 is 0 Å². The van der Waals surface area contributed by atoms with Gasteiger partial charge in [0.15, 0.2) is 5.82 Å². The molecular weight excluding hydrogens is 226 g/mol. The molecule has 18 heavy (non-hydrogen) atoms. The molecule has 0 spiro atoms. The van der Waals surface area contributed by atoms with Gasteiger partial charge in [-0.1, -0.05) is 24.3 Å². The fraction of sp³-hybridized carbons (Fsp3) is 0.154. The summed E-state index contributed by atoms with van der Waals surface area (Å²) in [6, 6.07) is 12.1. The lowest BCUT2D eigenvalue weighted by molar-refractivity contribution is 0.661. The van der Waals surface area contributed by atoms with E-state index >= 15 is 0 Å². The van der Waals surface area contributed by atoms with Crippen LogP contribution in [-0.2, 0) is 13.1 Å². The minimum atomic E-state index is 0.359. The molecular formula is C13H13N5. The Kier molecular flexibility index (Phi) is 2.74. The molecule has 2 N–H and O–H groups in total. The van der Waals surface area contributed by atoms with Crippen LogP contribution >= 0.6 is 0 Å². The van der Waals surface area contributed by atoms with Crippen molar-refractivity contribution in [2.45, 2.75) is 13.1 Å². The van der Waals surface area contributed by atoms with E-state index in [0.29, 0.717) is 18.9 Å². The molecule has 0 saturated heterocycles. The Morgan fingerprint density at radius 3 is 2.83 bits per heavy atom. The lowest BCUT2D eigenvalue weighted by Crippen LogP contribution is -2.04. The van der Waals surface area contributed by atoms with Gasteiger partial charge >= 0.3 is 0 Å². The van der Waals surface area contributed by atoms with Gasteiger partial charge < -0.3 is 5.73 Å². The molecule has 5 heteroatoms. The first-order valence-electron chi connectivity index (χ1n) is 5.78. The van der Waals surface area contributed by atoms with Crippen molar-refractivity contribution in [2.75, 3.05) is 0 Å². The molecule has 3 rings (SSSR count). The van der Waals surface area contributed by atoms with Crippen molar-refractivity contribution in [1.29, 1.82) is 0 Å². The second kappa shape index (κ2) is 4.54. The quantitative estimate of drug-likeness (QED) is 0.748. The van der Waals surface area contributed by atoms with Crippen LogP contribution in [0.15, 0.2) is 42.7 Å². The summed E-state index contributed by atoms with van der Waals surface area (Å²) in [6.45, 7) is 0.968. The van der Waals surface area contributed by atoms with E-state index in [2.05, 4.69) is 21.1 Å². The first kappa shape index (κ1) is 10.9. The molecule has 0 aliphatic heterocycles. The Balaban J connectivity index is 1.90. The zero-order valence-electron chi connectivity index (χ0n) is 9.82. The smallest absolute Gasteiger partial charge is 0.164 e. The highest BCUT2D eigenvalue weighted by molar-refractivity contribution is 5.78. The van der Waals surface area contributed by atoms with Crippen molar-refractivity contribution >= 4 is 10.9 Å². The summed E-state index contributed by atoms with van der Waals surface area (Å²) in [5.41, 5.74) is 7.43. The first-order chi connectivity index (χ1) is 8.85. The number of pyridine rings is 1. The Labute approximate surface area is 104 Å². The third-order valence-electron chi connectivity index (χ3n) is 2.75. The van der Waals surface area contributed by atoms with Gasteiger partial charge in [0.1, 0.15) is 6.33 Å². The van der Waals surface area contributed by atoms with Crippen LogP contribution in [-0.4, -0.2) is 19.7 Å². The van der Waals surface area contributed by atoms with Gasteiger partial charge in [0, 0.05) is 5.39 Å². The molecule has 0 atom stereocenters. The van der Waals surface area contributed by atoms with Gasteiger partial charge in [0.05, 0.1) is 24.3 Å². The summed E-state index contributed by atoms with van der Waals surface area (Å²) in [6.07, 6.45) is 1.68. The van der Waals surface area contributed by atoms with E-state index in [1.54, 1.807) is 11.0 Å². The van der Waals surface area contributed by atoms with E-state index in [9.17, 15) is 0 Å². The number of nitrogens with zero attached hydrogens (tertiary/aromatic N) is 4. The van der Waals surface area contributed by atoms with E-state index in [4.69, 9.17) is 5.73 Å². The van der Waals surface area contributed by atoms with Crippen molar-refractivity contribution in [3.8, 4) is 0 Å². The number of hydrogen-bond donors (Lipinski definition) is 1. The standard InChI is InChI=1S/C13H13N5/c14-7-13-15-9-18(17-13)8-11-6-5-10-3-1-2-4-12(10)16-11/h1-6,9H,7-8,14H2. The molecule has 0 saturated carbocycles. The molecule has 2 aromatic heterocycles. The zero-order valence-corrected chi connectivity index (χ0v) is 9.82. The number of para-hydroxylation sites is 1. The van der Waals surface area contributed by atoms with Crippen LogP contribution in [0.4, 0.5) is 0 Å². The van der Waals surface area contributed by atoms with Crippen molar-refractivity contribution in [1.82, 2.24) is 19.7 Å². The lowest BCUT2D eigenvalue weighted by Gasteiger charge is -2.02. The summed E-state index contributed by atoms with van der Waals surface area (Å²) >= 11 is 0. The minimum Gasteiger partial charge on any atom is -0.324 e. The normalized spacial score (nSPS) is 10.9. The lowest BCUT2D eigenvalue weighted by atomic mass is 10.2. The molecule has 1 aromatic carbocycles. The van der Waals surface area contributed by atoms with Crippen LogP contribution < -0.4 is 5.73 Å². The molecule has 0 fully saturated rings. The number of hydrogen-bond acceptors (Lipinski definition) is 4. The molecule has 0 aliphatic rings. The number of nitrogens with two attached hydrogens (primary N) is 1. The highest BCUT2D eigenvalue weighted by Gasteiger charge is 2.02. The SMILES string of the molecule is NCc1ncn(Cc2ccc3ccccc3n2)n1. The maximum absolute atomic E-state index is 5.48. The van der Waals surface area contributed by atoms with E-state index in [0.717, 1.165) is 16.6 Å². The monoisotopic (exact) mass is 239 g/mol. The number of aromatic nitrogens is 4. The Bertz CT molecular complexity index is 674. The van der Waals surface area contributed by atoms with Crippen LogP contribution in [0.25, 0.3) is 10.9 Å². The van der Waals surface area contributed by atoms with Crippen LogP contribution in [0.1, 0.15) is 11.5 Å². The van der Waals surface area contributed by atoms with Crippen molar-refractivity contribution in [3.05, 3.63) is 54.2 Å². The largest absolute Gasteiger partial charge is 0.324 e. The summed E-state index contributed by atoms with van der Waals surface area (Å²) in [5.74, 6) is 0.649. The van der Waals surface area contributed by atoms with E-state index in [1.165, 1.54) is 0 Å². The van der Waals surface area contributed by atoms with Crippen LogP contribution in [0.3, 0.4) is 0 Å². The summed E-state index contributed by atoms with van der Waals surface area (Å²) < 4.78 is 1.75. The van der Waals surface area contributed by atoms with Crippen molar-refractivity contribution < 1.29 is 0 Å². The number of benzene rings is 1. The molecule has 0 amide bonds. The van der Waals surface area contributed by atoms with Gasteiger partial charge in [-0.15, -0.1) is 0 Å². The Morgan fingerprint density at radius 2 is 2.00 bits per heavy atom. The van der Waals surface area contributed by atoms with E-state index in [-0.39, 0.29) is 0 Å². The predicted molar refractivity (Wildman–Crippen MR) is 68.8 cm³/mol. The number of fused-ring (bicyclic) bond motifs is 1. The fourth-order valence-corrected chi connectivity index (χ4v) is 1.87. The average Bonchev–Trinajstić information content (AvgIpc) is 2.86. The highest BCUT2D eigenvalue weighted by Crippen LogP contribution is 2.12. The Morgan fingerprint density at radius 1 is 1.11 bits per heavy atom. The topological polar surface area (TPSA) is 69.6 Å². The summed E-state index contributed by atoms with van der Waals surface area (Å²) in [7, 11) is 0. The third kappa shape index (κ3) is 2.08. The third-order valence-corrected chi connectivity index (χ3v) is 2.75. The van der Waals surface area contributed by atoms with Gasteiger partial charge in [0.25, 0.3) is 0 Å².